The molecule has 0 saturated carbocycles. The molecular weight excluding hydrogens is 224 g/mol. The Balaban J connectivity index is 1.51. The fourth-order valence-corrected chi connectivity index (χ4v) is 3.37. The van der Waals surface area contributed by atoms with Gasteiger partial charge in [-0.3, -0.25) is 4.90 Å². The van der Waals surface area contributed by atoms with Gasteiger partial charge in [0, 0.05) is 13.1 Å². The standard InChI is InChI=1S/C14H18N4/c1-2-4-13-12(3-1)16-14(17-13)9-18-7-10-5-15-6-11(10)8-18/h1-4,10-11,15H,5-9H2,(H,16,17)/t10-,11+. The van der Waals surface area contributed by atoms with Crippen molar-refractivity contribution in [2.45, 2.75) is 6.54 Å². The van der Waals surface area contributed by atoms with Crippen molar-refractivity contribution >= 4 is 11.0 Å². The summed E-state index contributed by atoms with van der Waals surface area (Å²) in [5, 5.41) is 3.48. The second kappa shape index (κ2) is 4.07. The zero-order valence-electron chi connectivity index (χ0n) is 10.4. The second-order valence-electron chi connectivity index (χ2n) is 5.57. The predicted molar refractivity (Wildman–Crippen MR) is 71.2 cm³/mol. The maximum absolute atomic E-state index is 4.66. The van der Waals surface area contributed by atoms with Crippen molar-refractivity contribution in [2.24, 2.45) is 11.8 Å². The van der Waals surface area contributed by atoms with Crippen LogP contribution >= 0.6 is 0 Å². The van der Waals surface area contributed by atoms with E-state index in [2.05, 4.69) is 38.4 Å². The van der Waals surface area contributed by atoms with Gasteiger partial charge in [0.1, 0.15) is 5.82 Å². The summed E-state index contributed by atoms with van der Waals surface area (Å²) in [4.78, 5) is 10.6. The summed E-state index contributed by atoms with van der Waals surface area (Å²) in [5.74, 6) is 2.81. The van der Waals surface area contributed by atoms with Crippen LogP contribution in [0.25, 0.3) is 11.0 Å². The van der Waals surface area contributed by atoms with Gasteiger partial charge in [-0.05, 0) is 37.1 Å². The number of fused-ring (bicyclic) bond motifs is 2. The van der Waals surface area contributed by atoms with Crippen molar-refractivity contribution in [3.8, 4) is 0 Å². The molecule has 4 nitrogen and oxygen atoms in total. The average molecular weight is 242 g/mol. The molecule has 18 heavy (non-hydrogen) atoms. The maximum Gasteiger partial charge on any atom is 0.121 e. The summed E-state index contributed by atoms with van der Waals surface area (Å²) in [6, 6.07) is 8.25. The molecule has 0 bridgehead atoms. The molecule has 2 atom stereocenters. The number of H-pyrrole nitrogens is 1. The lowest BCUT2D eigenvalue weighted by Crippen LogP contribution is -2.25. The number of benzene rings is 1. The number of imidazole rings is 1. The Bertz CT molecular complexity index is 517. The van der Waals surface area contributed by atoms with E-state index in [1.807, 2.05) is 6.07 Å². The summed E-state index contributed by atoms with van der Waals surface area (Å²) >= 11 is 0. The smallest absolute Gasteiger partial charge is 0.121 e. The van der Waals surface area contributed by atoms with Gasteiger partial charge < -0.3 is 10.3 Å². The Kier molecular flexibility index (Phi) is 2.38. The van der Waals surface area contributed by atoms with Crippen molar-refractivity contribution < 1.29 is 0 Å². The number of hydrogen-bond donors (Lipinski definition) is 2. The molecule has 4 rings (SSSR count). The fraction of sp³-hybridized carbons (Fsp3) is 0.500. The van der Waals surface area contributed by atoms with Gasteiger partial charge in [0.25, 0.3) is 0 Å². The van der Waals surface area contributed by atoms with E-state index in [1.54, 1.807) is 0 Å². The molecule has 2 aliphatic rings. The summed E-state index contributed by atoms with van der Waals surface area (Å²) in [6.45, 7) is 5.79. The van der Waals surface area contributed by atoms with Crippen LogP contribution in [0, 0.1) is 11.8 Å². The minimum absolute atomic E-state index is 0.856. The first-order valence-corrected chi connectivity index (χ1v) is 6.75. The quantitative estimate of drug-likeness (QED) is 0.832. The minimum atomic E-state index is 0.856. The monoisotopic (exact) mass is 242 g/mol. The first kappa shape index (κ1) is 10.5. The molecule has 2 fully saturated rings. The lowest BCUT2D eigenvalue weighted by molar-refractivity contribution is 0.299. The molecule has 94 valence electrons. The van der Waals surface area contributed by atoms with Gasteiger partial charge >= 0.3 is 0 Å². The summed E-state index contributed by atoms with van der Waals surface area (Å²) < 4.78 is 0. The van der Waals surface area contributed by atoms with Crippen LogP contribution in [0.5, 0.6) is 0 Å². The zero-order chi connectivity index (χ0) is 11.9. The van der Waals surface area contributed by atoms with Gasteiger partial charge in [-0.15, -0.1) is 0 Å². The number of para-hydroxylation sites is 2. The van der Waals surface area contributed by atoms with E-state index in [0.717, 1.165) is 35.2 Å². The largest absolute Gasteiger partial charge is 0.341 e. The Labute approximate surface area is 106 Å². The number of likely N-dealkylation sites (tertiary alicyclic amines) is 1. The SMILES string of the molecule is c1ccc2[nH]c(CN3C[C@H]4CNC[C@H]4C3)nc2c1. The van der Waals surface area contributed by atoms with E-state index in [-0.39, 0.29) is 0 Å². The van der Waals surface area contributed by atoms with Gasteiger partial charge in [-0.25, -0.2) is 4.98 Å². The first-order valence-electron chi connectivity index (χ1n) is 6.75. The molecule has 1 aromatic carbocycles. The van der Waals surface area contributed by atoms with E-state index in [1.165, 1.54) is 26.2 Å². The maximum atomic E-state index is 4.66. The summed E-state index contributed by atoms with van der Waals surface area (Å²) in [5.41, 5.74) is 2.22. The zero-order valence-corrected chi connectivity index (χ0v) is 10.4. The van der Waals surface area contributed by atoms with Crippen molar-refractivity contribution in [1.29, 1.82) is 0 Å². The van der Waals surface area contributed by atoms with E-state index >= 15 is 0 Å². The molecule has 2 aliphatic heterocycles. The van der Waals surface area contributed by atoms with Crippen molar-refractivity contribution in [1.82, 2.24) is 20.2 Å². The third kappa shape index (κ3) is 1.72. The Morgan fingerprint density at radius 1 is 1.17 bits per heavy atom. The van der Waals surface area contributed by atoms with Crippen LogP contribution in [-0.4, -0.2) is 41.0 Å². The number of aromatic nitrogens is 2. The van der Waals surface area contributed by atoms with Crippen LogP contribution in [0.15, 0.2) is 24.3 Å². The van der Waals surface area contributed by atoms with Crippen LogP contribution in [0.2, 0.25) is 0 Å². The molecule has 0 spiro atoms. The fourth-order valence-electron chi connectivity index (χ4n) is 3.37. The number of hydrogen-bond acceptors (Lipinski definition) is 3. The molecule has 4 heteroatoms. The molecule has 2 saturated heterocycles. The third-order valence-corrected chi connectivity index (χ3v) is 4.28. The molecular formula is C14H18N4. The third-order valence-electron chi connectivity index (χ3n) is 4.28. The van der Waals surface area contributed by atoms with Crippen LogP contribution < -0.4 is 5.32 Å². The lowest BCUT2D eigenvalue weighted by atomic mass is 10.0. The van der Waals surface area contributed by atoms with Crippen LogP contribution in [-0.2, 0) is 6.54 Å². The minimum Gasteiger partial charge on any atom is -0.341 e. The van der Waals surface area contributed by atoms with Gasteiger partial charge in [0.2, 0.25) is 0 Å². The number of nitrogens with one attached hydrogen (secondary N) is 2. The molecule has 2 aromatic rings. The number of aromatic amines is 1. The normalized spacial score (nSPS) is 28.0. The second-order valence-corrected chi connectivity index (χ2v) is 5.57. The molecule has 3 heterocycles. The highest BCUT2D eigenvalue weighted by Gasteiger charge is 2.36. The van der Waals surface area contributed by atoms with Crippen LogP contribution in [0.3, 0.4) is 0 Å². The predicted octanol–water partition coefficient (Wildman–Crippen LogP) is 1.21. The Morgan fingerprint density at radius 3 is 2.72 bits per heavy atom. The van der Waals surface area contributed by atoms with E-state index in [4.69, 9.17) is 0 Å². The van der Waals surface area contributed by atoms with Crippen molar-refractivity contribution in [3.63, 3.8) is 0 Å². The lowest BCUT2D eigenvalue weighted by Gasteiger charge is -2.14. The van der Waals surface area contributed by atoms with Gasteiger partial charge in [0.15, 0.2) is 0 Å². The van der Waals surface area contributed by atoms with Crippen LogP contribution in [0.1, 0.15) is 5.82 Å². The molecule has 0 radical (unpaired) electrons. The Hall–Kier alpha value is -1.39. The molecule has 0 amide bonds. The number of rotatable bonds is 2. The highest BCUT2D eigenvalue weighted by molar-refractivity contribution is 5.74. The van der Waals surface area contributed by atoms with E-state index in [9.17, 15) is 0 Å². The molecule has 0 aliphatic carbocycles. The van der Waals surface area contributed by atoms with E-state index < -0.39 is 0 Å². The van der Waals surface area contributed by atoms with Crippen molar-refractivity contribution in [2.75, 3.05) is 26.2 Å². The van der Waals surface area contributed by atoms with Gasteiger partial charge in [-0.2, -0.15) is 0 Å². The van der Waals surface area contributed by atoms with Gasteiger partial charge in [0.05, 0.1) is 17.6 Å². The molecule has 2 N–H and O–H groups in total. The van der Waals surface area contributed by atoms with E-state index in [0.29, 0.717) is 0 Å². The molecule has 0 unspecified atom stereocenters. The average Bonchev–Trinajstić information content (AvgIpc) is 3.01. The summed E-state index contributed by atoms with van der Waals surface area (Å²) in [7, 11) is 0. The van der Waals surface area contributed by atoms with Crippen molar-refractivity contribution in [3.05, 3.63) is 30.1 Å². The highest BCUT2D eigenvalue weighted by Crippen LogP contribution is 2.27. The van der Waals surface area contributed by atoms with Crippen LogP contribution in [0.4, 0.5) is 0 Å². The number of nitrogens with zero attached hydrogens (tertiary/aromatic N) is 2. The summed E-state index contributed by atoms with van der Waals surface area (Å²) in [6.07, 6.45) is 0. The Morgan fingerprint density at radius 2 is 1.94 bits per heavy atom. The first-order chi connectivity index (χ1) is 8.88. The molecule has 1 aromatic heterocycles. The topological polar surface area (TPSA) is 44.0 Å². The highest BCUT2D eigenvalue weighted by atomic mass is 15.2. The van der Waals surface area contributed by atoms with Gasteiger partial charge in [-0.1, -0.05) is 12.1 Å².